The van der Waals surface area contributed by atoms with Crippen molar-refractivity contribution in [2.75, 3.05) is 5.32 Å². The van der Waals surface area contributed by atoms with E-state index in [1.807, 2.05) is 12.1 Å². The largest absolute Gasteiger partial charge is 0.439 e. The molecule has 3 aromatic rings. The van der Waals surface area contributed by atoms with Crippen LogP contribution in [0, 0.1) is 0 Å². The molecule has 0 aliphatic heterocycles. The van der Waals surface area contributed by atoms with Crippen LogP contribution in [0.1, 0.15) is 30.9 Å². The van der Waals surface area contributed by atoms with Gasteiger partial charge in [0.2, 0.25) is 5.91 Å². The van der Waals surface area contributed by atoms with Gasteiger partial charge in [0.1, 0.15) is 0 Å². The summed E-state index contributed by atoms with van der Waals surface area (Å²) >= 11 is 0. The van der Waals surface area contributed by atoms with E-state index in [1.165, 1.54) is 18.4 Å². The molecule has 0 unspecified atom stereocenters. The number of aromatic amines is 1. The molecule has 2 aromatic carbocycles. The van der Waals surface area contributed by atoms with Crippen molar-refractivity contribution in [2.24, 2.45) is 0 Å². The summed E-state index contributed by atoms with van der Waals surface area (Å²) in [5, 5.41) is 6.51. The monoisotopic (exact) mass is 351 g/mol. The number of hydrogen-bond donors (Lipinski definition) is 2. The van der Waals surface area contributed by atoms with Crippen molar-refractivity contribution in [3.63, 3.8) is 0 Å². The normalized spacial score (nSPS) is 10.7. The SMILES string of the molecule is CCCCc1ccc(CC(=O)Nc2cccc(-c3noc(=O)[nH]3)c2)cc1. The third-order valence-corrected chi connectivity index (χ3v) is 4.07. The molecule has 0 spiro atoms. The van der Waals surface area contributed by atoms with Gasteiger partial charge in [0.05, 0.1) is 6.42 Å². The van der Waals surface area contributed by atoms with Gasteiger partial charge < -0.3 is 5.32 Å². The van der Waals surface area contributed by atoms with Crippen molar-refractivity contribution in [3.8, 4) is 11.4 Å². The summed E-state index contributed by atoms with van der Waals surface area (Å²) in [6.07, 6.45) is 3.72. The molecule has 0 atom stereocenters. The average Bonchev–Trinajstić information content (AvgIpc) is 3.08. The predicted molar refractivity (Wildman–Crippen MR) is 99.9 cm³/mol. The molecule has 0 aliphatic rings. The van der Waals surface area contributed by atoms with Crippen molar-refractivity contribution in [1.82, 2.24) is 10.1 Å². The first-order chi connectivity index (χ1) is 12.6. The number of benzene rings is 2. The van der Waals surface area contributed by atoms with Crippen molar-refractivity contribution < 1.29 is 9.32 Å². The topological polar surface area (TPSA) is 88.0 Å². The number of rotatable bonds is 7. The Morgan fingerprint density at radius 1 is 1.15 bits per heavy atom. The maximum Gasteiger partial charge on any atom is 0.439 e. The van der Waals surface area contributed by atoms with Gasteiger partial charge in [-0.2, -0.15) is 0 Å². The van der Waals surface area contributed by atoms with Crippen LogP contribution in [0.4, 0.5) is 5.69 Å². The van der Waals surface area contributed by atoms with E-state index in [2.05, 4.69) is 39.0 Å². The second-order valence-electron chi connectivity index (χ2n) is 6.17. The van der Waals surface area contributed by atoms with Crippen molar-refractivity contribution >= 4 is 11.6 Å². The third-order valence-electron chi connectivity index (χ3n) is 4.07. The van der Waals surface area contributed by atoms with Gasteiger partial charge in [-0.25, -0.2) is 4.79 Å². The molecule has 0 aliphatic carbocycles. The number of H-pyrrole nitrogens is 1. The highest BCUT2D eigenvalue weighted by Gasteiger charge is 2.08. The molecule has 1 amide bonds. The van der Waals surface area contributed by atoms with Crippen LogP contribution in [-0.2, 0) is 17.6 Å². The Bertz CT molecular complexity index is 926. The van der Waals surface area contributed by atoms with Crippen LogP contribution in [0.15, 0.2) is 57.8 Å². The minimum absolute atomic E-state index is 0.0999. The van der Waals surface area contributed by atoms with Crippen LogP contribution in [0.25, 0.3) is 11.4 Å². The molecule has 134 valence electrons. The van der Waals surface area contributed by atoms with E-state index in [4.69, 9.17) is 0 Å². The number of nitrogens with zero attached hydrogens (tertiary/aromatic N) is 1. The summed E-state index contributed by atoms with van der Waals surface area (Å²) < 4.78 is 4.50. The number of aromatic nitrogens is 2. The molecule has 3 rings (SSSR count). The minimum atomic E-state index is -0.614. The van der Waals surface area contributed by atoms with Crippen LogP contribution in [0.3, 0.4) is 0 Å². The molecular weight excluding hydrogens is 330 g/mol. The number of carbonyl (C=O) groups is 1. The zero-order valence-corrected chi connectivity index (χ0v) is 14.6. The van der Waals surface area contributed by atoms with Crippen molar-refractivity contribution in [2.45, 2.75) is 32.6 Å². The van der Waals surface area contributed by atoms with Crippen LogP contribution in [-0.4, -0.2) is 16.0 Å². The van der Waals surface area contributed by atoms with Crippen molar-refractivity contribution in [3.05, 3.63) is 70.2 Å². The van der Waals surface area contributed by atoms with Crippen molar-refractivity contribution in [1.29, 1.82) is 0 Å². The number of nitrogens with one attached hydrogen (secondary N) is 2. The Hall–Kier alpha value is -3.15. The lowest BCUT2D eigenvalue weighted by molar-refractivity contribution is -0.115. The summed E-state index contributed by atoms with van der Waals surface area (Å²) in [4.78, 5) is 25.8. The fourth-order valence-electron chi connectivity index (χ4n) is 2.69. The van der Waals surface area contributed by atoms with Gasteiger partial charge in [0, 0.05) is 11.3 Å². The Morgan fingerprint density at radius 3 is 2.62 bits per heavy atom. The number of carbonyl (C=O) groups excluding carboxylic acids is 1. The molecule has 1 aromatic heterocycles. The van der Waals surface area contributed by atoms with Crippen LogP contribution >= 0.6 is 0 Å². The zero-order chi connectivity index (χ0) is 18.4. The maximum atomic E-state index is 12.3. The summed E-state index contributed by atoms with van der Waals surface area (Å²) in [5.41, 5.74) is 3.56. The number of unbranched alkanes of at least 4 members (excludes halogenated alkanes) is 1. The highest BCUT2D eigenvalue weighted by Crippen LogP contribution is 2.18. The number of anilines is 1. The first kappa shape index (κ1) is 17.7. The second-order valence-corrected chi connectivity index (χ2v) is 6.17. The highest BCUT2D eigenvalue weighted by molar-refractivity contribution is 5.92. The van der Waals surface area contributed by atoms with Gasteiger partial charge in [-0.1, -0.05) is 54.9 Å². The second kappa shape index (κ2) is 8.29. The Kier molecular flexibility index (Phi) is 5.63. The van der Waals surface area contributed by atoms with Gasteiger partial charge in [0.15, 0.2) is 5.82 Å². The molecule has 6 nitrogen and oxygen atoms in total. The van der Waals surface area contributed by atoms with Gasteiger partial charge in [-0.05, 0) is 36.1 Å². The maximum absolute atomic E-state index is 12.3. The minimum Gasteiger partial charge on any atom is -0.326 e. The smallest absolute Gasteiger partial charge is 0.326 e. The van der Waals surface area contributed by atoms with Gasteiger partial charge >= 0.3 is 5.76 Å². The summed E-state index contributed by atoms with van der Waals surface area (Å²) in [7, 11) is 0. The Labute approximate surface area is 151 Å². The van der Waals surface area contributed by atoms with E-state index in [9.17, 15) is 9.59 Å². The predicted octanol–water partition coefficient (Wildman–Crippen LogP) is 3.55. The summed E-state index contributed by atoms with van der Waals surface area (Å²) in [5.74, 6) is -0.386. The van der Waals surface area contributed by atoms with E-state index < -0.39 is 5.76 Å². The quantitative estimate of drug-likeness (QED) is 0.681. The fourth-order valence-corrected chi connectivity index (χ4v) is 2.69. The molecule has 0 radical (unpaired) electrons. The molecule has 0 saturated heterocycles. The standard InChI is InChI=1S/C20H21N3O3/c1-2-3-5-14-8-10-15(11-9-14)12-18(24)21-17-7-4-6-16(13-17)19-22-20(25)26-23-19/h4,6-11,13H,2-3,5,12H2,1H3,(H,21,24)(H,22,23,25). The van der Waals surface area contributed by atoms with Gasteiger partial charge in [-0.15, -0.1) is 0 Å². The molecule has 6 heteroatoms. The van der Waals surface area contributed by atoms with E-state index >= 15 is 0 Å². The first-order valence-electron chi connectivity index (χ1n) is 8.68. The van der Waals surface area contributed by atoms with E-state index in [0.29, 0.717) is 23.5 Å². The molecule has 2 N–H and O–H groups in total. The molecule has 26 heavy (non-hydrogen) atoms. The molecule has 0 bridgehead atoms. The summed E-state index contributed by atoms with van der Waals surface area (Å²) in [6.45, 7) is 2.17. The van der Waals surface area contributed by atoms with E-state index in [0.717, 1.165) is 12.0 Å². The van der Waals surface area contributed by atoms with Crippen LogP contribution in [0.5, 0.6) is 0 Å². The fraction of sp³-hybridized carbons (Fsp3) is 0.250. The van der Waals surface area contributed by atoms with E-state index in [1.54, 1.807) is 24.3 Å². The zero-order valence-electron chi connectivity index (χ0n) is 14.6. The van der Waals surface area contributed by atoms with Crippen LogP contribution in [0.2, 0.25) is 0 Å². The number of amides is 1. The molecular formula is C20H21N3O3. The number of aryl methyl sites for hydroxylation is 1. The Balaban J connectivity index is 1.62. The third kappa shape index (κ3) is 4.69. The highest BCUT2D eigenvalue weighted by atomic mass is 16.5. The number of hydrogen-bond acceptors (Lipinski definition) is 4. The molecule has 1 heterocycles. The molecule has 0 saturated carbocycles. The van der Waals surface area contributed by atoms with Crippen LogP contribution < -0.4 is 11.1 Å². The summed E-state index contributed by atoms with van der Waals surface area (Å²) in [6, 6.07) is 15.2. The first-order valence-corrected chi connectivity index (χ1v) is 8.68. The van der Waals surface area contributed by atoms with Gasteiger partial charge in [-0.3, -0.25) is 14.3 Å². The lowest BCUT2D eigenvalue weighted by Gasteiger charge is -2.07. The van der Waals surface area contributed by atoms with E-state index in [-0.39, 0.29) is 5.91 Å². The molecule has 0 fully saturated rings. The Morgan fingerprint density at radius 2 is 1.92 bits per heavy atom. The average molecular weight is 351 g/mol. The van der Waals surface area contributed by atoms with Gasteiger partial charge in [0.25, 0.3) is 0 Å². The lowest BCUT2D eigenvalue weighted by Crippen LogP contribution is -2.14. The lowest BCUT2D eigenvalue weighted by atomic mass is 10.0.